The highest BCUT2D eigenvalue weighted by Gasteiger charge is 2.21. The van der Waals surface area contributed by atoms with Crippen LogP contribution in [0.3, 0.4) is 0 Å². The molecule has 0 saturated carbocycles. The van der Waals surface area contributed by atoms with Gasteiger partial charge in [0, 0.05) is 18.6 Å². The minimum atomic E-state index is -0.298. The van der Waals surface area contributed by atoms with E-state index in [4.69, 9.17) is 0 Å². The number of hydrogen-bond donors (Lipinski definition) is 5. The Kier molecular flexibility index (Phi) is 5.32. The van der Waals surface area contributed by atoms with Gasteiger partial charge in [-0.1, -0.05) is 18.2 Å². The molecule has 1 amide bonds. The van der Waals surface area contributed by atoms with Crippen LogP contribution in [0.25, 0.3) is 0 Å². The van der Waals surface area contributed by atoms with Gasteiger partial charge < -0.3 is 31.3 Å². The fourth-order valence-electron chi connectivity index (χ4n) is 2.94. The number of nitrogens with one attached hydrogen (secondary N) is 4. The van der Waals surface area contributed by atoms with Gasteiger partial charge in [-0.25, -0.2) is 9.97 Å². The number of nitrogens with zero attached hydrogens (tertiary/aromatic N) is 3. The van der Waals surface area contributed by atoms with Gasteiger partial charge >= 0.3 is 0 Å². The first-order valence-corrected chi connectivity index (χ1v) is 9.95. The van der Waals surface area contributed by atoms with Crippen LogP contribution in [0.4, 0.5) is 34.6 Å². The van der Waals surface area contributed by atoms with E-state index in [-0.39, 0.29) is 17.2 Å². The van der Waals surface area contributed by atoms with Crippen LogP contribution in [0.5, 0.6) is 5.75 Å². The number of halogens is 1. The van der Waals surface area contributed by atoms with Gasteiger partial charge in [0.15, 0.2) is 29.0 Å². The van der Waals surface area contributed by atoms with Crippen LogP contribution in [0.15, 0.2) is 46.9 Å². The van der Waals surface area contributed by atoms with E-state index in [9.17, 15) is 9.90 Å². The Bertz CT molecular complexity index is 1120. The highest BCUT2D eigenvalue weighted by molar-refractivity contribution is 9.10. The lowest BCUT2D eigenvalue weighted by Crippen LogP contribution is -2.21. The molecule has 0 saturated heterocycles. The smallest absolute Gasteiger partial charge is 0.257 e. The summed E-state index contributed by atoms with van der Waals surface area (Å²) in [6.07, 6.45) is 0. The summed E-state index contributed by atoms with van der Waals surface area (Å²) in [4.78, 5) is 23.0. The van der Waals surface area contributed by atoms with Gasteiger partial charge in [-0.3, -0.25) is 4.79 Å². The number of benzene rings is 2. The van der Waals surface area contributed by atoms with Crippen LogP contribution in [0.2, 0.25) is 0 Å². The molecular formula is C20H20BrN7O2. The largest absolute Gasteiger partial charge is 0.505 e. The molecule has 0 radical (unpaired) electrons. The van der Waals surface area contributed by atoms with Crippen molar-refractivity contribution in [1.29, 1.82) is 0 Å². The van der Waals surface area contributed by atoms with E-state index < -0.39 is 0 Å². The zero-order chi connectivity index (χ0) is 21.3. The van der Waals surface area contributed by atoms with Crippen molar-refractivity contribution in [3.05, 3.63) is 52.5 Å². The lowest BCUT2D eigenvalue weighted by Gasteiger charge is -2.17. The maximum absolute atomic E-state index is 12.3. The molecule has 154 valence electrons. The summed E-state index contributed by atoms with van der Waals surface area (Å²) < 4.78 is 0.866. The van der Waals surface area contributed by atoms with Crippen LogP contribution < -0.4 is 21.3 Å². The number of rotatable bonds is 5. The van der Waals surface area contributed by atoms with Crippen molar-refractivity contribution < 1.29 is 9.90 Å². The van der Waals surface area contributed by atoms with E-state index in [1.807, 2.05) is 24.3 Å². The molecule has 1 aromatic heterocycles. The molecule has 10 heteroatoms. The molecule has 0 aliphatic carbocycles. The number of aromatic nitrogens is 2. The van der Waals surface area contributed by atoms with E-state index >= 15 is 0 Å². The topological polar surface area (TPSA) is 114 Å². The first-order valence-electron chi connectivity index (χ1n) is 9.16. The van der Waals surface area contributed by atoms with E-state index in [1.54, 1.807) is 32.3 Å². The van der Waals surface area contributed by atoms with Gasteiger partial charge in [0.25, 0.3) is 5.91 Å². The predicted octanol–water partition coefficient (Wildman–Crippen LogP) is 3.93. The van der Waals surface area contributed by atoms with Crippen molar-refractivity contribution in [3.63, 3.8) is 0 Å². The second-order valence-electron chi connectivity index (χ2n) is 6.78. The molecule has 3 aromatic rings. The van der Waals surface area contributed by atoms with Crippen LogP contribution in [-0.2, 0) is 0 Å². The molecule has 0 spiro atoms. The van der Waals surface area contributed by atoms with Gasteiger partial charge in [-0.15, -0.1) is 0 Å². The Hall–Kier alpha value is -3.53. The van der Waals surface area contributed by atoms with Gasteiger partial charge in [-0.05, 0) is 40.2 Å². The Balaban J connectivity index is 1.73. The lowest BCUT2D eigenvalue weighted by atomic mass is 10.1. The van der Waals surface area contributed by atoms with Gasteiger partial charge in [-0.2, -0.15) is 0 Å². The summed E-state index contributed by atoms with van der Waals surface area (Å²) >= 11 is 3.52. The first kappa shape index (κ1) is 19.8. The summed E-state index contributed by atoms with van der Waals surface area (Å²) in [5, 5.41) is 23.3. The number of hydrogen-bond acceptors (Lipinski definition) is 8. The van der Waals surface area contributed by atoms with Crippen LogP contribution in [-0.4, -0.2) is 46.6 Å². The second-order valence-corrected chi connectivity index (χ2v) is 7.63. The second kappa shape index (κ2) is 8.07. The summed E-state index contributed by atoms with van der Waals surface area (Å²) in [5.41, 5.74) is 1.35. The quantitative estimate of drug-likeness (QED) is 0.357. The third-order valence-corrected chi connectivity index (χ3v) is 5.15. The molecule has 0 unspecified atom stereocenters. The highest BCUT2D eigenvalue weighted by Crippen LogP contribution is 2.36. The molecule has 4 rings (SSSR count). The molecule has 5 N–H and O–H groups in total. The van der Waals surface area contributed by atoms with E-state index in [2.05, 4.69) is 47.2 Å². The Morgan fingerprint density at radius 2 is 1.60 bits per heavy atom. The van der Waals surface area contributed by atoms with Crippen LogP contribution in [0.1, 0.15) is 10.4 Å². The van der Waals surface area contributed by atoms with Crippen molar-refractivity contribution in [2.24, 2.45) is 0 Å². The maximum Gasteiger partial charge on any atom is 0.257 e. The Morgan fingerprint density at radius 3 is 2.23 bits per heavy atom. The molecular weight excluding hydrogens is 450 g/mol. The van der Waals surface area contributed by atoms with E-state index in [1.165, 1.54) is 4.90 Å². The SMILES string of the molecule is CN(C)C(=O)c1cccc(Nc2nc3c(nc2Nc2ccccc2Br)NCN3)c1O. The average molecular weight is 470 g/mol. The predicted molar refractivity (Wildman–Crippen MR) is 121 cm³/mol. The minimum Gasteiger partial charge on any atom is -0.505 e. The van der Waals surface area contributed by atoms with Crippen molar-refractivity contribution in [3.8, 4) is 5.75 Å². The number of fused-ring (bicyclic) bond motifs is 1. The van der Waals surface area contributed by atoms with Crippen molar-refractivity contribution in [2.75, 3.05) is 42.0 Å². The summed E-state index contributed by atoms with van der Waals surface area (Å²) in [7, 11) is 3.26. The standard InChI is InChI=1S/C20H20BrN7O2/c1-28(2)20(30)11-6-5-9-14(15(11)29)25-19-18(24-13-8-4-3-7-12(13)21)26-16-17(27-19)23-10-22-16/h3-9,29H,10H2,1-2H3,(H2,22,24,26)(H2,23,25,27). The minimum absolute atomic E-state index is 0.156. The van der Waals surface area contributed by atoms with Gasteiger partial charge in [0.05, 0.1) is 23.6 Å². The van der Waals surface area contributed by atoms with Crippen molar-refractivity contribution >= 4 is 56.5 Å². The van der Waals surface area contributed by atoms with Crippen LogP contribution >= 0.6 is 15.9 Å². The molecule has 2 aromatic carbocycles. The van der Waals surface area contributed by atoms with E-state index in [0.29, 0.717) is 35.6 Å². The number of para-hydroxylation sites is 2. The zero-order valence-corrected chi connectivity index (χ0v) is 17.9. The molecule has 1 aliphatic heterocycles. The first-order chi connectivity index (χ1) is 14.4. The average Bonchev–Trinajstić information content (AvgIpc) is 3.18. The Labute approximate surface area is 181 Å². The van der Waals surface area contributed by atoms with Crippen LogP contribution in [0, 0.1) is 0 Å². The van der Waals surface area contributed by atoms with Crippen molar-refractivity contribution in [2.45, 2.75) is 0 Å². The van der Waals surface area contributed by atoms with Gasteiger partial charge in [0.2, 0.25) is 0 Å². The number of carbonyl (C=O) groups is 1. The summed E-state index contributed by atoms with van der Waals surface area (Å²) in [5.74, 6) is 1.61. The number of anilines is 6. The summed E-state index contributed by atoms with van der Waals surface area (Å²) in [6, 6.07) is 12.6. The third-order valence-electron chi connectivity index (χ3n) is 4.46. The van der Waals surface area contributed by atoms with Gasteiger partial charge in [0.1, 0.15) is 0 Å². The molecule has 9 nitrogen and oxygen atoms in total. The van der Waals surface area contributed by atoms with E-state index in [0.717, 1.165) is 10.2 Å². The fourth-order valence-corrected chi connectivity index (χ4v) is 3.33. The molecule has 2 heterocycles. The summed E-state index contributed by atoms with van der Waals surface area (Å²) in [6.45, 7) is 0.519. The monoisotopic (exact) mass is 469 g/mol. The highest BCUT2D eigenvalue weighted by atomic mass is 79.9. The number of phenolic OH excluding ortho intramolecular Hbond substituents is 1. The number of aromatic hydroxyl groups is 1. The molecule has 0 bridgehead atoms. The number of amides is 1. The maximum atomic E-state index is 12.3. The molecule has 30 heavy (non-hydrogen) atoms. The normalized spacial score (nSPS) is 11.8. The van der Waals surface area contributed by atoms with Crippen molar-refractivity contribution in [1.82, 2.24) is 14.9 Å². The number of carbonyl (C=O) groups excluding carboxylic acids is 1. The Morgan fingerprint density at radius 1 is 1.00 bits per heavy atom. The molecule has 0 atom stereocenters. The zero-order valence-electron chi connectivity index (χ0n) is 16.3. The fraction of sp³-hybridized carbons (Fsp3) is 0.150. The third kappa shape index (κ3) is 3.81. The number of phenols is 1. The molecule has 1 aliphatic rings. The lowest BCUT2D eigenvalue weighted by molar-refractivity contribution is 0.0824. The molecule has 0 fully saturated rings.